The number of anilines is 1. The minimum Gasteiger partial charge on any atom is -0.395 e. The number of nitrogens with zero attached hydrogens (tertiary/aromatic N) is 4. The van der Waals surface area contributed by atoms with Crippen LogP contribution in [0.2, 0.25) is 5.28 Å². The number of aromatic nitrogens is 2. The maximum atomic E-state index is 10.8. The van der Waals surface area contributed by atoms with Crippen LogP contribution in [0.1, 0.15) is 13.3 Å². The number of hydrogen-bond acceptors (Lipinski definition) is 6. The van der Waals surface area contributed by atoms with Gasteiger partial charge in [0.25, 0.3) is 0 Å². The lowest BCUT2D eigenvalue weighted by atomic mass is 10.3. The van der Waals surface area contributed by atoms with Gasteiger partial charge in [-0.3, -0.25) is 10.1 Å². The second kappa shape index (κ2) is 6.31. The average Bonchev–Trinajstić information content (AvgIpc) is 2.28. The molecule has 1 N–H and O–H groups in total. The van der Waals surface area contributed by atoms with Crippen molar-refractivity contribution in [1.29, 1.82) is 0 Å². The summed E-state index contributed by atoms with van der Waals surface area (Å²) in [7, 11) is 0. The SMILES string of the molecule is CCCN(CCO)c1nc(Cl)ncc1[N+](=O)[O-]. The second-order valence-corrected chi connectivity index (χ2v) is 3.65. The van der Waals surface area contributed by atoms with Gasteiger partial charge in [0, 0.05) is 13.1 Å². The van der Waals surface area contributed by atoms with E-state index in [0.29, 0.717) is 6.54 Å². The minimum atomic E-state index is -0.564. The highest BCUT2D eigenvalue weighted by Crippen LogP contribution is 2.25. The molecule has 0 spiro atoms. The van der Waals surface area contributed by atoms with Gasteiger partial charge in [0.2, 0.25) is 11.1 Å². The quantitative estimate of drug-likeness (QED) is 0.470. The molecule has 0 unspecified atom stereocenters. The van der Waals surface area contributed by atoms with Crippen molar-refractivity contribution in [2.45, 2.75) is 13.3 Å². The van der Waals surface area contributed by atoms with Crippen molar-refractivity contribution in [3.05, 3.63) is 21.6 Å². The van der Waals surface area contributed by atoms with E-state index < -0.39 is 4.92 Å². The molecule has 0 aliphatic rings. The summed E-state index contributed by atoms with van der Waals surface area (Å²) < 4.78 is 0. The Morgan fingerprint density at radius 2 is 2.29 bits per heavy atom. The van der Waals surface area contributed by atoms with E-state index in [4.69, 9.17) is 16.7 Å². The first-order valence-electron chi connectivity index (χ1n) is 5.12. The molecule has 0 aliphatic carbocycles. The maximum absolute atomic E-state index is 10.8. The van der Waals surface area contributed by atoms with Crippen LogP contribution in [0.5, 0.6) is 0 Å². The molecule has 1 heterocycles. The molecule has 0 atom stereocenters. The summed E-state index contributed by atoms with van der Waals surface area (Å²) >= 11 is 5.63. The summed E-state index contributed by atoms with van der Waals surface area (Å²) in [6.45, 7) is 2.63. The molecule has 0 aliphatic heterocycles. The summed E-state index contributed by atoms with van der Waals surface area (Å²) in [6, 6.07) is 0. The minimum absolute atomic E-state index is 0.0513. The van der Waals surface area contributed by atoms with E-state index in [2.05, 4.69) is 9.97 Å². The van der Waals surface area contributed by atoms with Gasteiger partial charge in [-0.2, -0.15) is 4.98 Å². The predicted octanol–water partition coefficient (Wildman–Crippen LogP) is 1.25. The predicted molar refractivity (Wildman–Crippen MR) is 63.3 cm³/mol. The van der Waals surface area contributed by atoms with Crippen molar-refractivity contribution < 1.29 is 10.0 Å². The Labute approximate surface area is 103 Å². The van der Waals surface area contributed by atoms with Gasteiger partial charge in [-0.1, -0.05) is 6.92 Å². The van der Waals surface area contributed by atoms with E-state index in [-0.39, 0.29) is 29.9 Å². The van der Waals surface area contributed by atoms with Crippen LogP contribution >= 0.6 is 11.6 Å². The molecule has 0 aromatic carbocycles. The molecule has 1 rings (SSSR count). The summed E-state index contributed by atoms with van der Waals surface area (Å²) in [5.74, 6) is 0.144. The highest BCUT2D eigenvalue weighted by atomic mass is 35.5. The van der Waals surface area contributed by atoms with E-state index in [1.807, 2.05) is 6.92 Å². The van der Waals surface area contributed by atoms with Gasteiger partial charge >= 0.3 is 5.69 Å². The van der Waals surface area contributed by atoms with E-state index in [0.717, 1.165) is 12.6 Å². The zero-order valence-corrected chi connectivity index (χ0v) is 10.1. The monoisotopic (exact) mass is 260 g/mol. The molecule has 0 amide bonds. The fraction of sp³-hybridized carbons (Fsp3) is 0.556. The Balaban J connectivity index is 3.14. The summed E-state index contributed by atoms with van der Waals surface area (Å²) in [5.41, 5.74) is -0.212. The van der Waals surface area contributed by atoms with Crippen LogP contribution in [0.25, 0.3) is 0 Å². The summed E-state index contributed by atoms with van der Waals surface area (Å²) in [6.07, 6.45) is 1.85. The van der Waals surface area contributed by atoms with Crippen molar-refractivity contribution in [3.8, 4) is 0 Å². The number of hydrogen-bond donors (Lipinski definition) is 1. The standard InChI is InChI=1S/C9H13ClN4O3/c1-2-3-13(4-5-15)8-7(14(16)17)6-11-9(10)12-8/h6,15H,2-5H2,1H3. The van der Waals surface area contributed by atoms with Crippen LogP contribution in [0, 0.1) is 10.1 Å². The van der Waals surface area contributed by atoms with Gasteiger partial charge in [-0.25, -0.2) is 4.98 Å². The van der Waals surface area contributed by atoms with Crippen molar-refractivity contribution >= 4 is 23.1 Å². The molecule has 7 nitrogen and oxygen atoms in total. The third kappa shape index (κ3) is 3.50. The molecule has 8 heteroatoms. The third-order valence-corrected chi connectivity index (χ3v) is 2.26. The molecule has 0 saturated carbocycles. The second-order valence-electron chi connectivity index (χ2n) is 3.32. The number of aliphatic hydroxyl groups is 1. The zero-order valence-electron chi connectivity index (χ0n) is 9.34. The number of rotatable bonds is 6. The molecule has 0 bridgehead atoms. The summed E-state index contributed by atoms with van der Waals surface area (Å²) in [4.78, 5) is 19.3. The average molecular weight is 261 g/mol. The largest absolute Gasteiger partial charge is 0.395 e. The van der Waals surface area contributed by atoms with Gasteiger partial charge in [0.05, 0.1) is 11.5 Å². The summed E-state index contributed by atoms with van der Waals surface area (Å²) in [5, 5.41) is 19.7. The first kappa shape index (κ1) is 13.6. The zero-order chi connectivity index (χ0) is 12.8. The van der Waals surface area contributed by atoms with Crippen molar-refractivity contribution in [3.63, 3.8) is 0 Å². The molecule has 0 saturated heterocycles. The van der Waals surface area contributed by atoms with Gasteiger partial charge in [-0.15, -0.1) is 0 Å². The lowest BCUT2D eigenvalue weighted by Gasteiger charge is -2.21. The Morgan fingerprint density at radius 3 is 2.82 bits per heavy atom. The van der Waals surface area contributed by atoms with Crippen LogP contribution in [0.4, 0.5) is 11.5 Å². The van der Waals surface area contributed by atoms with Crippen LogP contribution in [0.3, 0.4) is 0 Å². The van der Waals surface area contributed by atoms with Crippen molar-refractivity contribution in [2.24, 2.45) is 0 Å². The number of nitro groups is 1. The van der Waals surface area contributed by atoms with Crippen molar-refractivity contribution in [2.75, 3.05) is 24.6 Å². The molecule has 1 aromatic heterocycles. The van der Waals surface area contributed by atoms with Crippen LogP contribution < -0.4 is 4.90 Å². The first-order valence-corrected chi connectivity index (χ1v) is 5.50. The topological polar surface area (TPSA) is 92.4 Å². The molecular weight excluding hydrogens is 248 g/mol. The van der Waals surface area contributed by atoms with E-state index in [1.165, 1.54) is 0 Å². The van der Waals surface area contributed by atoms with Gasteiger partial charge in [0.15, 0.2) is 0 Å². The highest BCUT2D eigenvalue weighted by molar-refractivity contribution is 6.28. The molecule has 0 fully saturated rings. The van der Waals surface area contributed by atoms with Crippen LogP contribution in [-0.2, 0) is 0 Å². The fourth-order valence-electron chi connectivity index (χ4n) is 1.42. The van der Waals surface area contributed by atoms with Crippen molar-refractivity contribution in [1.82, 2.24) is 9.97 Å². The molecule has 17 heavy (non-hydrogen) atoms. The lowest BCUT2D eigenvalue weighted by Crippen LogP contribution is -2.29. The van der Waals surface area contributed by atoms with E-state index in [1.54, 1.807) is 4.90 Å². The van der Waals surface area contributed by atoms with Gasteiger partial charge in [0.1, 0.15) is 6.20 Å². The van der Waals surface area contributed by atoms with E-state index in [9.17, 15) is 10.1 Å². The van der Waals surface area contributed by atoms with Crippen LogP contribution in [0.15, 0.2) is 6.20 Å². The smallest absolute Gasteiger partial charge is 0.329 e. The fourth-order valence-corrected chi connectivity index (χ4v) is 1.55. The Morgan fingerprint density at radius 1 is 1.59 bits per heavy atom. The Kier molecular flexibility index (Phi) is 5.05. The van der Waals surface area contributed by atoms with E-state index >= 15 is 0 Å². The Hall–Kier alpha value is -1.47. The molecule has 94 valence electrons. The van der Waals surface area contributed by atoms with Gasteiger partial charge in [-0.05, 0) is 18.0 Å². The first-order chi connectivity index (χ1) is 8.10. The highest BCUT2D eigenvalue weighted by Gasteiger charge is 2.21. The van der Waals surface area contributed by atoms with Crippen LogP contribution in [-0.4, -0.2) is 39.7 Å². The normalized spacial score (nSPS) is 10.3. The third-order valence-electron chi connectivity index (χ3n) is 2.08. The molecular formula is C9H13ClN4O3. The molecule has 1 aromatic rings. The maximum Gasteiger partial charge on any atom is 0.329 e. The number of halogens is 1. The molecule has 0 radical (unpaired) electrons. The number of aliphatic hydroxyl groups excluding tert-OH is 1. The van der Waals surface area contributed by atoms with Gasteiger partial charge < -0.3 is 10.0 Å². The Bertz CT molecular complexity index is 396. The lowest BCUT2D eigenvalue weighted by molar-refractivity contribution is -0.384.